The Morgan fingerprint density at radius 3 is 2.34 bits per heavy atom. The van der Waals surface area contributed by atoms with Crippen molar-refractivity contribution in [3.05, 3.63) is 93.6 Å². The van der Waals surface area contributed by atoms with Gasteiger partial charge in [-0.2, -0.15) is 0 Å². The zero-order chi connectivity index (χ0) is 26.5. The average molecular weight is 531 g/mol. The molecule has 1 aliphatic heterocycles. The van der Waals surface area contributed by atoms with Crippen molar-refractivity contribution >= 4 is 33.5 Å². The van der Waals surface area contributed by atoms with Crippen LogP contribution in [0.4, 0.5) is 0 Å². The van der Waals surface area contributed by atoms with E-state index in [1.807, 2.05) is 60.7 Å². The van der Waals surface area contributed by atoms with Crippen molar-refractivity contribution in [2.45, 2.75) is 32.4 Å². The molecule has 1 aliphatic rings. The largest absolute Gasteiger partial charge is 0.462 e. The normalized spacial score (nSPS) is 14.8. The van der Waals surface area contributed by atoms with E-state index in [0.717, 1.165) is 42.4 Å². The molecule has 1 atom stereocenters. The molecule has 0 bridgehead atoms. The molecular weight excluding hydrogens is 500 g/mol. The first-order valence-electron chi connectivity index (χ1n) is 12.9. The molecule has 1 N–H and O–H groups in total. The molecule has 8 heteroatoms. The van der Waals surface area contributed by atoms with Crippen molar-refractivity contribution in [3.8, 4) is 11.1 Å². The number of thiophene rings is 1. The van der Waals surface area contributed by atoms with Crippen molar-refractivity contribution in [3.63, 3.8) is 0 Å². The molecule has 1 unspecified atom stereocenters. The molecule has 196 valence electrons. The summed E-state index contributed by atoms with van der Waals surface area (Å²) in [6.07, 6.45) is 1.46. The van der Waals surface area contributed by atoms with Gasteiger partial charge in [-0.05, 0) is 56.0 Å². The Kier molecular flexibility index (Phi) is 8.00. The van der Waals surface area contributed by atoms with Crippen molar-refractivity contribution in [1.29, 1.82) is 0 Å². The van der Waals surface area contributed by atoms with Gasteiger partial charge in [-0.25, -0.2) is 9.59 Å². The number of nitrogens with one attached hydrogen (secondary N) is 1. The lowest BCUT2D eigenvalue weighted by Gasteiger charge is -2.31. The maximum Gasteiger partial charge on any atom is 0.349 e. The quantitative estimate of drug-likeness (QED) is 0.316. The molecule has 4 aromatic rings. The molecule has 1 saturated heterocycles. The Balaban J connectivity index is 1.65. The van der Waals surface area contributed by atoms with Crippen LogP contribution in [0.3, 0.4) is 0 Å². The van der Waals surface area contributed by atoms with E-state index in [-0.39, 0.29) is 24.7 Å². The second kappa shape index (κ2) is 11.8. The topological polar surface area (TPSA) is 86.6 Å². The third-order valence-electron chi connectivity index (χ3n) is 6.87. The van der Waals surface area contributed by atoms with Gasteiger partial charge in [0.05, 0.1) is 6.61 Å². The van der Waals surface area contributed by atoms with Crippen LogP contribution in [-0.2, 0) is 20.9 Å². The van der Waals surface area contributed by atoms with Gasteiger partial charge in [-0.3, -0.25) is 9.36 Å². The Bertz CT molecular complexity index is 1470. The fraction of sp³-hybridized carbons (Fsp3) is 0.300. The monoisotopic (exact) mass is 530 g/mol. The molecule has 38 heavy (non-hydrogen) atoms. The molecule has 7 nitrogen and oxygen atoms in total. The van der Waals surface area contributed by atoms with Crippen molar-refractivity contribution in [2.24, 2.45) is 5.92 Å². The summed E-state index contributed by atoms with van der Waals surface area (Å²) >= 11 is 1.20. The lowest BCUT2D eigenvalue weighted by molar-refractivity contribution is -0.151. The number of aromatic nitrogens is 1. The Morgan fingerprint density at radius 2 is 1.66 bits per heavy atom. The Hall–Kier alpha value is -3.75. The number of nitrogens with zero attached hydrogens (tertiary/aromatic N) is 1. The van der Waals surface area contributed by atoms with Gasteiger partial charge in [-0.15, -0.1) is 11.3 Å². The number of esters is 2. The van der Waals surface area contributed by atoms with E-state index in [0.29, 0.717) is 15.3 Å². The lowest BCUT2D eigenvalue weighted by atomic mass is 9.89. The summed E-state index contributed by atoms with van der Waals surface area (Å²) in [6, 6.07) is 21.5. The lowest BCUT2D eigenvalue weighted by Crippen LogP contribution is -2.40. The molecule has 5 rings (SSSR count). The third kappa shape index (κ3) is 5.28. The third-order valence-corrected chi connectivity index (χ3v) is 8.06. The number of carbonyl (C=O) groups excluding carboxylic acids is 2. The van der Waals surface area contributed by atoms with Crippen molar-refractivity contribution < 1.29 is 19.1 Å². The minimum Gasteiger partial charge on any atom is -0.462 e. The number of carbonyl (C=O) groups is 2. The molecule has 0 spiro atoms. The van der Waals surface area contributed by atoms with Crippen molar-refractivity contribution in [2.75, 3.05) is 19.7 Å². The highest BCUT2D eigenvalue weighted by Gasteiger charge is 2.35. The van der Waals surface area contributed by atoms with E-state index in [2.05, 4.69) is 5.32 Å². The number of benzene rings is 2. The van der Waals surface area contributed by atoms with E-state index in [1.54, 1.807) is 17.6 Å². The number of rotatable bonds is 8. The van der Waals surface area contributed by atoms with Crippen LogP contribution in [0, 0.1) is 5.92 Å². The molecule has 3 heterocycles. The van der Waals surface area contributed by atoms with Gasteiger partial charge in [0.25, 0.3) is 5.56 Å². The SMILES string of the molecule is CCOC(=O)c1sc2c(ccc(=O)n2C(C(=O)OCc2ccccc2)C2CCNCC2)c1-c1ccccc1. The van der Waals surface area contributed by atoms with E-state index in [9.17, 15) is 14.4 Å². The number of fused-ring (bicyclic) bond motifs is 1. The number of piperidine rings is 1. The number of ether oxygens (including phenoxy) is 2. The number of hydrogen-bond acceptors (Lipinski definition) is 7. The van der Waals surface area contributed by atoms with Crippen LogP contribution >= 0.6 is 11.3 Å². The van der Waals surface area contributed by atoms with Gasteiger partial charge < -0.3 is 14.8 Å². The smallest absolute Gasteiger partial charge is 0.349 e. The van der Waals surface area contributed by atoms with Crippen LogP contribution in [0.25, 0.3) is 21.3 Å². The minimum atomic E-state index is -0.811. The van der Waals surface area contributed by atoms with Crippen molar-refractivity contribution in [1.82, 2.24) is 9.88 Å². The summed E-state index contributed by atoms with van der Waals surface area (Å²) in [7, 11) is 0. The molecule has 0 radical (unpaired) electrons. The zero-order valence-electron chi connectivity index (χ0n) is 21.2. The predicted octanol–water partition coefficient (Wildman–Crippen LogP) is 5.19. The second-order valence-electron chi connectivity index (χ2n) is 9.28. The first-order valence-corrected chi connectivity index (χ1v) is 13.7. The maximum atomic E-state index is 13.7. The van der Waals surface area contributed by atoms with Crippen LogP contribution in [0.5, 0.6) is 0 Å². The molecule has 1 fully saturated rings. The van der Waals surface area contributed by atoms with Crippen LogP contribution in [0.1, 0.15) is 41.0 Å². The highest BCUT2D eigenvalue weighted by molar-refractivity contribution is 7.21. The molecular formula is C30H30N2O5S. The van der Waals surface area contributed by atoms with Crippen LogP contribution in [0.15, 0.2) is 77.6 Å². The summed E-state index contributed by atoms with van der Waals surface area (Å²) in [5, 5.41) is 4.07. The molecule has 0 aliphatic carbocycles. The number of pyridine rings is 1. The van der Waals surface area contributed by atoms with E-state index in [4.69, 9.17) is 9.47 Å². The Morgan fingerprint density at radius 1 is 0.974 bits per heavy atom. The molecule has 0 amide bonds. The number of hydrogen-bond donors (Lipinski definition) is 1. The van der Waals surface area contributed by atoms with Crippen LogP contribution in [-0.4, -0.2) is 36.2 Å². The standard InChI is InChI=1S/C30H30N2O5S/c1-2-36-30(35)27-25(21-11-7-4-8-12-21)23-13-14-24(33)32(28(23)38-27)26(22-15-17-31-18-16-22)29(34)37-19-20-9-5-3-6-10-20/h3-14,22,26,31H,2,15-19H2,1H3. The average Bonchev–Trinajstić information content (AvgIpc) is 3.35. The van der Waals surface area contributed by atoms with Gasteiger partial charge in [0.15, 0.2) is 0 Å². The highest BCUT2D eigenvalue weighted by atomic mass is 32.1. The van der Waals surface area contributed by atoms with Gasteiger partial charge in [0.2, 0.25) is 0 Å². The van der Waals surface area contributed by atoms with Gasteiger partial charge >= 0.3 is 11.9 Å². The first kappa shape index (κ1) is 25.9. The fourth-order valence-electron chi connectivity index (χ4n) is 5.08. The van der Waals surface area contributed by atoms with Crippen LogP contribution < -0.4 is 10.9 Å². The van der Waals surface area contributed by atoms with Gasteiger partial charge in [0, 0.05) is 17.0 Å². The minimum absolute atomic E-state index is 0.0869. The van der Waals surface area contributed by atoms with E-state index >= 15 is 0 Å². The predicted molar refractivity (Wildman–Crippen MR) is 148 cm³/mol. The Labute approximate surface area is 225 Å². The fourth-order valence-corrected chi connectivity index (χ4v) is 6.33. The maximum absolute atomic E-state index is 13.7. The molecule has 2 aromatic carbocycles. The summed E-state index contributed by atoms with van der Waals surface area (Å²) < 4.78 is 12.7. The highest BCUT2D eigenvalue weighted by Crippen LogP contribution is 2.41. The van der Waals surface area contributed by atoms with E-state index < -0.39 is 18.0 Å². The van der Waals surface area contributed by atoms with Gasteiger partial charge in [0.1, 0.15) is 22.4 Å². The molecule has 2 aromatic heterocycles. The molecule has 0 saturated carbocycles. The first-order chi connectivity index (χ1) is 18.6. The van der Waals surface area contributed by atoms with Gasteiger partial charge in [-0.1, -0.05) is 60.7 Å². The van der Waals surface area contributed by atoms with Crippen LogP contribution in [0.2, 0.25) is 0 Å². The summed E-state index contributed by atoms with van der Waals surface area (Å²) in [6.45, 7) is 3.63. The zero-order valence-corrected chi connectivity index (χ0v) is 22.0. The summed E-state index contributed by atoms with van der Waals surface area (Å²) in [4.78, 5) is 41.3. The summed E-state index contributed by atoms with van der Waals surface area (Å²) in [5.74, 6) is -0.976. The van der Waals surface area contributed by atoms with E-state index in [1.165, 1.54) is 17.4 Å². The summed E-state index contributed by atoms with van der Waals surface area (Å²) in [5.41, 5.74) is 2.13. The second-order valence-corrected chi connectivity index (χ2v) is 10.3.